The van der Waals surface area contributed by atoms with E-state index < -0.39 is 0 Å². The molecule has 0 saturated heterocycles. The van der Waals surface area contributed by atoms with E-state index in [0.717, 1.165) is 6.54 Å². The van der Waals surface area contributed by atoms with Crippen molar-refractivity contribution in [1.29, 1.82) is 0 Å². The summed E-state index contributed by atoms with van der Waals surface area (Å²) in [4.78, 5) is 4.74. The molecule has 0 atom stereocenters. The fourth-order valence-corrected chi connectivity index (χ4v) is 0.516. The third-order valence-electron chi connectivity index (χ3n) is 1.07. The van der Waals surface area contributed by atoms with E-state index in [1.54, 1.807) is 0 Å². The van der Waals surface area contributed by atoms with E-state index in [9.17, 15) is 0 Å². The molecule has 0 amide bonds. The number of aliphatic hydroxyl groups is 2. The molecule has 14 heavy (non-hydrogen) atoms. The lowest BCUT2D eigenvalue weighted by Gasteiger charge is -1.97. The molecular formula is C8H23N3O3. The van der Waals surface area contributed by atoms with Crippen molar-refractivity contribution in [2.75, 3.05) is 46.0 Å². The van der Waals surface area contributed by atoms with Gasteiger partial charge in [0.05, 0.1) is 19.8 Å². The highest BCUT2D eigenvalue weighted by Crippen LogP contribution is 1.59. The largest absolute Gasteiger partial charge is 0.395 e. The van der Waals surface area contributed by atoms with Crippen molar-refractivity contribution >= 4 is 0 Å². The van der Waals surface area contributed by atoms with Gasteiger partial charge in [0.25, 0.3) is 0 Å². The predicted octanol–water partition coefficient (Wildman–Crippen LogP) is -1.95. The van der Waals surface area contributed by atoms with E-state index in [1.165, 1.54) is 0 Å². The Labute approximate surface area is 85.4 Å². The summed E-state index contributed by atoms with van der Waals surface area (Å²) >= 11 is 0. The first-order valence-corrected chi connectivity index (χ1v) is 4.80. The van der Waals surface area contributed by atoms with Crippen LogP contribution in [-0.4, -0.2) is 56.2 Å². The Morgan fingerprint density at radius 1 is 1.14 bits per heavy atom. The SMILES string of the molecule is CCONCCN.OCCNCCO. The number of nitrogens with one attached hydrogen (secondary N) is 2. The maximum Gasteiger partial charge on any atom is 0.0653 e. The number of nitrogens with two attached hydrogens (primary N) is 1. The first kappa shape index (κ1) is 16.2. The Hall–Kier alpha value is -0.240. The molecule has 0 aliphatic heterocycles. The fraction of sp³-hybridized carbons (Fsp3) is 1.00. The van der Waals surface area contributed by atoms with Crippen LogP contribution in [0.5, 0.6) is 0 Å². The normalized spacial score (nSPS) is 9.43. The highest BCUT2D eigenvalue weighted by atomic mass is 16.6. The van der Waals surface area contributed by atoms with Gasteiger partial charge in [-0.3, -0.25) is 0 Å². The monoisotopic (exact) mass is 209 g/mol. The third-order valence-corrected chi connectivity index (χ3v) is 1.07. The highest BCUT2D eigenvalue weighted by Gasteiger charge is 1.78. The fourth-order valence-electron chi connectivity index (χ4n) is 0.516. The zero-order chi connectivity index (χ0) is 11.1. The van der Waals surface area contributed by atoms with Crippen LogP contribution in [0.1, 0.15) is 6.92 Å². The second kappa shape index (κ2) is 18.5. The zero-order valence-corrected chi connectivity index (χ0v) is 8.83. The van der Waals surface area contributed by atoms with Crippen LogP contribution in [-0.2, 0) is 4.84 Å². The quantitative estimate of drug-likeness (QED) is 0.235. The molecule has 0 saturated carbocycles. The van der Waals surface area contributed by atoms with Crippen molar-refractivity contribution in [3.05, 3.63) is 0 Å². The summed E-state index contributed by atoms with van der Waals surface area (Å²) in [6.07, 6.45) is 0. The molecule has 0 fully saturated rings. The summed E-state index contributed by atoms with van der Waals surface area (Å²) in [5, 5.41) is 19.1. The average molecular weight is 209 g/mol. The van der Waals surface area contributed by atoms with Crippen LogP contribution in [0.3, 0.4) is 0 Å². The molecule has 0 aromatic carbocycles. The van der Waals surface area contributed by atoms with Crippen LogP contribution in [0.4, 0.5) is 0 Å². The molecule has 0 aromatic rings. The maximum atomic E-state index is 8.15. The highest BCUT2D eigenvalue weighted by molar-refractivity contribution is 4.39. The minimum absolute atomic E-state index is 0.139. The van der Waals surface area contributed by atoms with Crippen LogP contribution in [0.15, 0.2) is 0 Å². The lowest BCUT2D eigenvalue weighted by atomic mass is 10.6. The summed E-state index contributed by atoms with van der Waals surface area (Å²) < 4.78 is 0. The molecule has 6 N–H and O–H groups in total. The molecule has 0 unspecified atom stereocenters. The summed E-state index contributed by atoms with van der Waals surface area (Å²) in [6.45, 7) is 5.39. The smallest absolute Gasteiger partial charge is 0.0653 e. The Bertz CT molecular complexity index is 68.2. The lowest BCUT2D eigenvalue weighted by Crippen LogP contribution is -2.22. The molecule has 0 aromatic heterocycles. The van der Waals surface area contributed by atoms with Gasteiger partial charge in [0, 0.05) is 26.2 Å². The number of hydroxylamine groups is 1. The molecule has 6 heteroatoms. The van der Waals surface area contributed by atoms with E-state index >= 15 is 0 Å². The van der Waals surface area contributed by atoms with Crippen molar-refractivity contribution < 1.29 is 15.1 Å². The van der Waals surface area contributed by atoms with Gasteiger partial charge in [-0.2, -0.15) is 0 Å². The predicted molar refractivity (Wildman–Crippen MR) is 55.7 cm³/mol. The van der Waals surface area contributed by atoms with Gasteiger partial charge in [0.1, 0.15) is 0 Å². The molecule has 0 bridgehead atoms. The molecule has 0 aliphatic carbocycles. The van der Waals surface area contributed by atoms with Crippen LogP contribution in [0, 0.1) is 0 Å². The van der Waals surface area contributed by atoms with Crippen LogP contribution >= 0.6 is 0 Å². The average Bonchev–Trinajstić information content (AvgIpc) is 2.21. The van der Waals surface area contributed by atoms with E-state index in [-0.39, 0.29) is 13.2 Å². The maximum absolute atomic E-state index is 8.15. The van der Waals surface area contributed by atoms with E-state index in [0.29, 0.717) is 26.2 Å². The summed E-state index contributed by atoms with van der Waals surface area (Å²) in [7, 11) is 0. The minimum atomic E-state index is 0.139. The van der Waals surface area contributed by atoms with Crippen molar-refractivity contribution in [3.8, 4) is 0 Å². The summed E-state index contributed by atoms with van der Waals surface area (Å²) in [5.41, 5.74) is 7.79. The van der Waals surface area contributed by atoms with Gasteiger partial charge in [0.2, 0.25) is 0 Å². The van der Waals surface area contributed by atoms with Gasteiger partial charge in [0.15, 0.2) is 0 Å². The minimum Gasteiger partial charge on any atom is -0.395 e. The first-order valence-electron chi connectivity index (χ1n) is 4.80. The molecule has 0 aliphatic rings. The van der Waals surface area contributed by atoms with E-state index in [2.05, 4.69) is 10.8 Å². The van der Waals surface area contributed by atoms with Gasteiger partial charge >= 0.3 is 0 Å². The molecule has 0 rings (SSSR count). The number of hydrogen-bond acceptors (Lipinski definition) is 6. The Morgan fingerprint density at radius 2 is 1.71 bits per heavy atom. The molecule has 0 heterocycles. The van der Waals surface area contributed by atoms with E-state index in [4.69, 9.17) is 20.8 Å². The lowest BCUT2D eigenvalue weighted by molar-refractivity contribution is 0.0532. The van der Waals surface area contributed by atoms with Gasteiger partial charge in [-0.25, -0.2) is 5.48 Å². The Morgan fingerprint density at radius 3 is 2.07 bits per heavy atom. The van der Waals surface area contributed by atoms with Crippen LogP contribution < -0.4 is 16.5 Å². The van der Waals surface area contributed by atoms with Gasteiger partial charge in [-0.1, -0.05) is 0 Å². The second-order valence-electron chi connectivity index (χ2n) is 2.31. The molecular weight excluding hydrogens is 186 g/mol. The number of aliphatic hydroxyl groups excluding tert-OH is 2. The van der Waals surface area contributed by atoms with E-state index in [1.807, 2.05) is 6.92 Å². The van der Waals surface area contributed by atoms with Crippen LogP contribution in [0.25, 0.3) is 0 Å². The van der Waals surface area contributed by atoms with Crippen molar-refractivity contribution in [2.24, 2.45) is 5.73 Å². The topological polar surface area (TPSA) is 99.8 Å². The molecule has 0 spiro atoms. The van der Waals surface area contributed by atoms with Gasteiger partial charge in [-0.05, 0) is 6.92 Å². The molecule has 6 nitrogen and oxygen atoms in total. The Kier molecular flexibility index (Phi) is 21.4. The van der Waals surface area contributed by atoms with Gasteiger partial charge in [-0.15, -0.1) is 0 Å². The standard InChI is InChI=1S/C4H12N2O.C4H11NO2/c1-2-7-6-4-3-5;6-3-1-5-2-4-7/h6H,2-5H2,1H3;5-7H,1-4H2. The Balaban J connectivity index is 0. The van der Waals surface area contributed by atoms with Gasteiger partial charge < -0.3 is 26.1 Å². The third kappa shape index (κ3) is 22.6. The van der Waals surface area contributed by atoms with Crippen molar-refractivity contribution in [1.82, 2.24) is 10.8 Å². The molecule has 88 valence electrons. The number of rotatable bonds is 8. The first-order chi connectivity index (χ1) is 6.83. The second-order valence-corrected chi connectivity index (χ2v) is 2.31. The molecule has 0 radical (unpaired) electrons. The summed E-state index contributed by atoms with van der Waals surface area (Å²) in [5.74, 6) is 0. The number of hydrogen-bond donors (Lipinski definition) is 5. The summed E-state index contributed by atoms with van der Waals surface area (Å²) in [6, 6.07) is 0. The zero-order valence-electron chi connectivity index (χ0n) is 8.83. The van der Waals surface area contributed by atoms with Crippen molar-refractivity contribution in [2.45, 2.75) is 6.92 Å². The van der Waals surface area contributed by atoms with Crippen LogP contribution in [0.2, 0.25) is 0 Å². The van der Waals surface area contributed by atoms with Crippen molar-refractivity contribution in [3.63, 3.8) is 0 Å².